The van der Waals surface area contributed by atoms with Crippen LogP contribution in [0.25, 0.3) is 0 Å². The molecule has 0 aromatic rings. The smallest absolute Gasteiger partial charge is 0.0558 e. The number of likely N-dealkylation sites (N-methyl/N-ethyl adjacent to an activating group) is 1. The van der Waals surface area contributed by atoms with Crippen LogP contribution < -0.4 is 0 Å². The number of hydrogen-bond donors (Lipinski definition) is 1. The molecule has 1 N–H and O–H groups in total. The SMILES string of the molecule is CC(C)CC1(CN(C)CCO)CCCC1. The highest BCUT2D eigenvalue weighted by molar-refractivity contribution is 4.87. The molecule has 0 radical (unpaired) electrons. The van der Waals surface area contributed by atoms with Crippen molar-refractivity contribution in [2.75, 3.05) is 26.7 Å². The van der Waals surface area contributed by atoms with E-state index in [-0.39, 0.29) is 6.61 Å². The molecule has 0 amide bonds. The molecule has 1 aliphatic carbocycles. The van der Waals surface area contributed by atoms with Crippen LogP contribution in [0.2, 0.25) is 0 Å². The number of rotatable bonds is 6. The fraction of sp³-hybridized carbons (Fsp3) is 1.00. The van der Waals surface area contributed by atoms with Gasteiger partial charge in [0.15, 0.2) is 0 Å². The van der Waals surface area contributed by atoms with Crippen LogP contribution in [-0.4, -0.2) is 36.8 Å². The maximum atomic E-state index is 8.93. The summed E-state index contributed by atoms with van der Waals surface area (Å²) in [5.74, 6) is 0.797. The van der Waals surface area contributed by atoms with E-state index < -0.39 is 0 Å². The predicted molar refractivity (Wildman–Crippen MR) is 64.9 cm³/mol. The molecular formula is C13H27NO. The van der Waals surface area contributed by atoms with Gasteiger partial charge in [0.2, 0.25) is 0 Å². The number of aliphatic hydroxyl groups excluding tert-OH is 1. The monoisotopic (exact) mass is 213 g/mol. The van der Waals surface area contributed by atoms with Crippen molar-refractivity contribution < 1.29 is 5.11 Å². The Balaban J connectivity index is 2.49. The van der Waals surface area contributed by atoms with Crippen molar-refractivity contribution in [2.24, 2.45) is 11.3 Å². The molecular weight excluding hydrogens is 186 g/mol. The van der Waals surface area contributed by atoms with E-state index in [1.807, 2.05) is 0 Å². The summed E-state index contributed by atoms with van der Waals surface area (Å²) in [6.45, 7) is 6.93. The van der Waals surface area contributed by atoms with Crippen molar-refractivity contribution in [3.05, 3.63) is 0 Å². The van der Waals surface area contributed by atoms with E-state index in [0.717, 1.165) is 12.5 Å². The fourth-order valence-corrected chi connectivity index (χ4v) is 3.24. The van der Waals surface area contributed by atoms with Crippen LogP contribution in [0.4, 0.5) is 0 Å². The summed E-state index contributed by atoms with van der Waals surface area (Å²) in [6, 6.07) is 0. The predicted octanol–water partition coefficient (Wildman–Crippen LogP) is 2.52. The minimum absolute atomic E-state index is 0.286. The zero-order valence-electron chi connectivity index (χ0n) is 10.6. The first-order valence-corrected chi connectivity index (χ1v) is 6.37. The second-order valence-corrected chi connectivity index (χ2v) is 5.77. The molecule has 90 valence electrons. The van der Waals surface area contributed by atoms with Crippen LogP contribution in [0.5, 0.6) is 0 Å². The third kappa shape index (κ3) is 4.12. The van der Waals surface area contributed by atoms with Gasteiger partial charge < -0.3 is 10.0 Å². The van der Waals surface area contributed by atoms with Gasteiger partial charge in [-0.2, -0.15) is 0 Å². The molecule has 0 aromatic carbocycles. The van der Waals surface area contributed by atoms with Crippen molar-refractivity contribution >= 4 is 0 Å². The number of hydrogen-bond acceptors (Lipinski definition) is 2. The second kappa shape index (κ2) is 5.86. The van der Waals surface area contributed by atoms with Crippen molar-refractivity contribution in [1.29, 1.82) is 0 Å². The molecule has 0 atom stereocenters. The van der Waals surface area contributed by atoms with Crippen LogP contribution in [-0.2, 0) is 0 Å². The minimum atomic E-state index is 0.286. The summed E-state index contributed by atoms with van der Waals surface area (Å²) in [4.78, 5) is 2.30. The summed E-state index contributed by atoms with van der Waals surface area (Å²) in [6.07, 6.45) is 6.93. The summed E-state index contributed by atoms with van der Waals surface area (Å²) in [5, 5.41) is 8.93. The first-order chi connectivity index (χ1) is 7.08. The zero-order valence-corrected chi connectivity index (χ0v) is 10.6. The molecule has 1 fully saturated rings. The van der Waals surface area contributed by atoms with E-state index in [9.17, 15) is 0 Å². The Kier molecular flexibility index (Phi) is 5.07. The van der Waals surface area contributed by atoms with Gasteiger partial charge in [0.1, 0.15) is 0 Å². The minimum Gasteiger partial charge on any atom is -0.395 e. The van der Waals surface area contributed by atoms with Gasteiger partial charge in [0.25, 0.3) is 0 Å². The third-order valence-electron chi connectivity index (χ3n) is 3.59. The molecule has 0 saturated heterocycles. The van der Waals surface area contributed by atoms with Gasteiger partial charge in [-0.1, -0.05) is 26.7 Å². The lowest BCUT2D eigenvalue weighted by molar-refractivity contribution is 0.129. The Morgan fingerprint density at radius 1 is 1.27 bits per heavy atom. The maximum Gasteiger partial charge on any atom is 0.0558 e. The van der Waals surface area contributed by atoms with Crippen LogP contribution in [0.1, 0.15) is 46.0 Å². The lowest BCUT2D eigenvalue weighted by Gasteiger charge is -2.35. The summed E-state index contributed by atoms with van der Waals surface area (Å²) in [5.41, 5.74) is 0.554. The number of nitrogens with zero attached hydrogens (tertiary/aromatic N) is 1. The van der Waals surface area contributed by atoms with Crippen molar-refractivity contribution in [2.45, 2.75) is 46.0 Å². The van der Waals surface area contributed by atoms with E-state index >= 15 is 0 Å². The Labute approximate surface area is 94.7 Å². The topological polar surface area (TPSA) is 23.5 Å². The Hall–Kier alpha value is -0.0800. The van der Waals surface area contributed by atoms with Crippen LogP contribution in [0.3, 0.4) is 0 Å². The molecule has 0 heterocycles. The van der Waals surface area contributed by atoms with E-state index in [0.29, 0.717) is 5.41 Å². The van der Waals surface area contributed by atoms with Crippen LogP contribution in [0.15, 0.2) is 0 Å². The summed E-state index contributed by atoms with van der Waals surface area (Å²) >= 11 is 0. The molecule has 2 heteroatoms. The highest BCUT2D eigenvalue weighted by Crippen LogP contribution is 2.43. The Bertz CT molecular complexity index is 173. The second-order valence-electron chi connectivity index (χ2n) is 5.77. The van der Waals surface area contributed by atoms with Gasteiger partial charge in [-0.15, -0.1) is 0 Å². The lowest BCUT2D eigenvalue weighted by Crippen LogP contribution is -2.36. The largest absolute Gasteiger partial charge is 0.395 e. The molecule has 1 aliphatic rings. The van der Waals surface area contributed by atoms with Crippen molar-refractivity contribution in [1.82, 2.24) is 4.90 Å². The molecule has 2 nitrogen and oxygen atoms in total. The van der Waals surface area contributed by atoms with Gasteiger partial charge >= 0.3 is 0 Å². The van der Waals surface area contributed by atoms with Gasteiger partial charge in [-0.3, -0.25) is 0 Å². The Morgan fingerprint density at radius 2 is 1.87 bits per heavy atom. The Morgan fingerprint density at radius 3 is 2.33 bits per heavy atom. The fourth-order valence-electron chi connectivity index (χ4n) is 3.24. The quantitative estimate of drug-likeness (QED) is 0.733. The normalized spacial score (nSPS) is 20.4. The highest BCUT2D eigenvalue weighted by atomic mass is 16.3. The van der Waals surface area contributed by atoms with E-state index in [1.165, 1.54) is 38.6 Å². The zero-order chi connectivity index (χ0) is 11.3. The molecule has 1 rings (SSSR count). The van der Waals surface area contributed by atoms with E-state index in [2.05, 4.69) is 25.8 Å². The number of aliphatic hydroxyl groups is 1. The molecule has 0 unspecified atom stereocenters. The molecule has 0 aliphatic heterocycles. The molecule has 15 heavy (non-hydrogen) atoms. The standard InChI is InChI=1S/C13H27NO/c1-12(2)10-13(6-4-5-7-13)11-14(3)8-9-15/h12,15H,4-11H2,1-3H3. The van der Waals surface area contributed by atoms with E-state index in [1.54, 1.807) is 0 Å². The third-order valence-corrected chi connectivity index (χ3v) is 3.59. The molecule has 0 aromatic heterocycles. The van der Waals surface area contributed by atoms with Gasteiger partial charge in [0, 0.05) is 13.1 Å². The molecule has 0 bridgehead atoms. The van der Waals surface area contributed by atoms with Crippen molar-refractivity contribution in [3.8, 4) is 0 Å². The van der Waals surface area contributed by atoms with E-state index in [4.69, 9.17) is 5.11 Å². The maximum absolute atomic E-state index is 8.93. The summed E-state index contributed by atoms with van der Waals surface area (Å²) < 4.78 is 0. The first-order valence-electron chi connectivity index (χ1n) is 6.37. The van der Waals surface area contributed by atoms with Crippen LogP contribution >= 0.6 is 0 Å². The van der Waals surface area contributed by atoms with Gasteiger partial charge in [-0.25, -0.2) is 0 Å². The summed E-state index contributed by atoms with van der Waals surface area (Å²) in [7, 11) is 2.14. The van der Waals surface area contributed by atoms with Gasteiger partial charge in [-0.05, 0) is 37.6 Å². The average Bonchev–Trinajstić information content (AvgIpc) is 2.51. The first kappa shape index (κ1) is 13.0. The van der Waals surface area contributed by atoms with Gasteiger partial charge in [0.05, 0.1) is 6.61 Å². The highest BCUT2D eigenvalue weighted by Gasteiger charge is 2.34. The lowest BCUT2D eigenvalue weighted by atomic mass is 9.78. The average molecular weight is 213 g/mol. The van der Waals surface area contributed by atoms with Crippen LogP contribution in [0, 0.1) is 11.3 Å². The van der Waals surface area contributed by atoms with Crippen molar-refractivity contribution in [3.63, 3.8) is 0 Å². The molecule has 0 spiro atoms. The molecule has 1 saturated carbocycles.